The highest BCUT2D eigenvalue weighted by atomic mass is 79.9. The number of nitrogens with one attached hydrogen (secondary N) is 1. The maximum absolute atomic E-state index is 13.5. The minimum absolute atomic E-state index is 0.112. The first-order valence-electron chi connectivity index (χ1n) is 12.8. The summed E-state index contributed by atoms with van der Waals surface area (Å²) in [6, 6.07) is 23.9. The maximum Gasteiger partial charge on any atom is 0.330 e. The van der Waals surface area contributed by atoms with Gasteiger partial charge in [0, 0.05) is 23.1 Å². The number of hydrogen-bond donors (Lipinski definition) is 2. The molecule has 1 atom stereocenters. The molecule has 1 amide bonds. The van der Waals surface area contributed by atoms with Gasteiger partial charge < -0.3 is 10.4 Å². The van der Waals surface area contributed by atoms with Crippen molar-refractivity contribution >= 4 is 37.8 Å². The number of fused-ring (bicyclic) bond motifs is 4. The third kappa shape index (κ3) is 4.74. The van der Waals surface area contributed by atoms with E-state index in [1.165, 1.54) is 4.31 Å². The fourth-order valence-corrected chi connectivity index (χ4v) is 7.60. The molecule has 1 unspecified atom stereocenters. The van der Waals surface area contributed by atoms with Crippen molar-refractivity contribution < 1.29 is 23.1 Å². The van der Waals surface area contributed by atoms with Crippen molar-refractivity contribution in [3.63, 3.8) is 0 Å². The van der Waals surface area contributed by atoms with Gasteiger partial charge in [-0.2, -0.15) is 4.31 Å². The third-order valence-electron chi connectivity index (χ3n) is 7.56. The van der Waals surface area contributed by atoms with Gasteiger partial charge in [-0.3, -0.25) is 4.79 Å². The van der Waals surface area contributed by atoms with Gasteiger partial charge in [-0.25, -0.2) is 13.2 Å². The lowest BCUT2D eigenvalue weighted by Gasteiger charge is -2.29. The third-order valence-corrected chi connectivity index (χ3v) is 9.89. The van der Waals surface area contributed by atoms with Crippen LogP contribution in [0.5, 0.6) is 0 Å². The topological polar surface area (TPSA) is 104 Å². The first kappa shape index (κ1) is 26.4. The molecule has 0 fully saturated rings. The molecule has 0 radical (unpaired) electrons. The predicted molar refractivity (Wildman–Crippen MR) is 154 cm³/mol. The minimum Gasteiger partial charge on any atom is -0.479 e. The number of hydrogen-bond acceptors (Lipinski definition) is 4. The van der Waals surface area contributed by atoms with Gasteiger partial charge in [0.15, 0.2) is 6.04 Å². The predicted octanol–water partition coefficient (Wildman–Crippen LogP) is 5.32. The second-order valence-electron chi connectivity index (χ2n) is 9.99. The Morgan fingerprint density at radius 2 is 1.65 bits per heavy atom. The largest absolute Gasteiger partial charge is 0.479 e. The Hall–Kier alpha value is -3.79. The van der Waals surface area contributed by atoms with Gasteiger partial charge in [0.1, 0.15) is 0 Å². The summed E-state index contributed by atoms with van der Waals surface area (Å²) in [5.41, 5.74) is 6.46. The Labute approximate surface area is 240 Å². The molecule has 7 nitrogen and oxygen atoms in total. The van der Waals surface area contributed by atoms with Crippen LogP contribution in [0.25, 0.3) is 11.1 Å². The molecule has 0 spiro atoms. The molecule has 1 aliphatic carbocycles. The number of rotatable bonds is 6. The number of aliphatic carboxylic acids is 1. The molecule has 0 bridgehead atoms. The van der Waals surface area contributed by atoms with Crippen LogP contribution in [-0.4, -0.2) is 36.3 Å². The second kappa shape index (κ2) is 10.3. The fraction of sp³-hybridized carbons (Fsp3) is 0.161. The van der Waals surface area contributed by atoms with Gasteiger partial charge in [0.2, 0.25) is 10.0 Å². The summed E-state index contributed by atoms with van der Waals surface area (Å²) in [7, 11) is -3.74. The molecule has 1 heterocycles. The SMILES string of the molecule is O=C(NC(C(=O)O)c1ccc2c(c1)CN(S(=O)(=O)c1cccc(Br)c1)CC2)c1cccc2c1-c1ccccc1C2. The average Bonchev–Trinajstić information content (AvgIpc) is 3.34. The Kier molecular flexibility index (Phi) is 6.82. The van der Waals surface area contributed by atoms with Crippen molar-refractivity contribution in [1.82, 2.24) is 9.62 Å². The zero-order chi connectivity index (χ0) is 28.0. The van der Waals surface area contributed by atoms with E-state index in [1.807, 2.05) is 42.5 Å². The van der Waals surface area contributed by atoms with E-state index in [-0.39, 0.29) is 11.4 Å². The van der Waals surface area contributed by atoms with Crippen LogP contribution in [0.3, 0.4) is 0 Å². The number of carboxylic acid groups (broad SMARTS) is 1. The van der Waals surface area contributed by atoms with Crippen molar-refractivity contribution in [2.75, 3.05) is 6.54 Å². The van der Waals surface area contributed by atoms with Crippen molar-refractivity contribution in [2.24, 2.45) is 0 Å². The molecular weight excluding hydrogens is 592 g/mol. The van der Waals surface area contributed by atoms with E-state index in [0.717, 1.165) is 39.8 Å². The number of carboxylic acids is 1. The van der Waals surface area contributed by atoms with Crippen LogP contribution < -0.4 is 5.32 Å². The van der Waals surface area contributed by atoms with Crippen LogP contribution in [-0.2, 0) is 34.2 Å². The van der Waals surface area contributed by atoms with Gasteiger partial charge in [-0.05, 0) is 76.1 Å². The lowest BCUT2D eigenvalue weighted by atomic mass is 9.95. The van der Waals surface area contributed by atoms with E-state index in [9.17, 15) is 23.1 Å². The zero-order valence-corrected chi connectivity index (χ0v) is 23.7. The molecule has 4 aromatic carbocycles. The average molecular weight is 618 g/mol. The number of carbonyl (C=O) groups is 2. The van der Waals surface area contributed by atoms with E-state index in [1.54, 1.807) is 42.5 Å². The molecule has 4 aromatic rings. The molecule has 6 rings (SSSR count). The second-order valence-corrected chi connectivity index (χ2v) is 12.8. The van der Waals surface area contributed by atoms with Crippen LogP contribution >= 0.6 is 15.9 Å². The molecule has 40 heavy (non-hydrogen) atoms. The highest BCUT2D eigenvalue weighted by Crippen LogP contribution is 2.39. The standard InChI is InChI=1S/C31H25BrN2O5S/c32-24-7-4-8-25(17-24)40(38,39)34-14-13-19-11-12-22(16-23(19)18-34)29(31(36)37)33-30(35)27-10-3-6-21-15-20-5-1-2-9-26(20)28(21)27/h1-12,16-17,29H,13-15,18H2,(H,33,35)(H,36,37). The Morgan fingerprint density at radius 1 is 0.875 bits per heavy atom. The quantitative estimate of drug-likeness (QED) is 0.269. The summed E-state index contributed by atoms with van der Waals surface area (Å²) in [6.07, 6.45) is 1.22. The summed E-state index contributed by atoms with van der Waals surface area (Å²) in [5.74, 6) is -1.67. The first-order valence-corrected chi connectivity index (χ1v) is 15.1. The summed E-state index contributed by atoms with van der Waals surface area (Å²) in [5, 5.41) is 12.8. The first-order chi connectivity index (χ1) is 19.2. The summed E-state index contributed by atoms with van der Waals surface area (Å²) >= 11 is 3.33. The lowest BCUT2D eigenvalue weighted by molar-refractivity contribution is -0.139. The summed E-state index contributed by atoms with van der Waals surface area (Å²) in [6.45, 7) is 0.433. The Morgan fingerprint density at radius 3 is 2.45 bits per heavy atom. The van der Waals surface area contributed by atoms with Crippen LogP contribution in [0.1, 0.15) is 44.2 Å². The molecule has 0 aromatic heterocycles. The van der Waals surface area contributed by atoms with Crippen LogP contribution in [0.15, 0.2) is 94.3 Å². The normalized spacial score (nSPS) is 15.0. The van der Waals surface area contributed by atoms with Crippen molar-refractivity contribution in [3.8, 4) is 11.1 Å². The number of sulfonamides is 1. The lowest BCUT2D eigenvalue weighted by Crippen LogP contribution is -2.37. The van der Waals surface area contributed by atoms with Crippen molar-refractivity contribution in [1.29, 1.82) is 0 Å². The zero-order valence-electron chi connectivity index (χ0n) is 21.3. The monoisotopic (exact) mass is 616 g/mol. The minimum atomic E-state index is -3.74. The molecule has 0 saturated heterocycles. The Bertz CT molecular complexity index is 1790. The summed E-state index contributed by atoms with van der Waals surface area (Å²) < 4.78 is 28.7. The van der Waals surface area contributed by atoms with E-state index in [4.69, 9.17) is 0 Å². The molecule has 1 aliphatic heterocycles. The number of benzene rings is 4. The highest BCUT2D eigenvalue weighted by Gasteiger charge is 2.31. The number of carbonyl (C=O) groups excluding carboxylic acids is 1. The molecule has 0 saturated carbocycles. The van der Waals surface area contributed by atoms with Crippen LogP contribution in [0, 0.1) is 0 Å². The van der Waals surface area contributed by atoms with E-state index in [2.05, 4.69) is 21.2 Å². The van der Waals surface area contributed by atoms with E-state index < -0.39 is 27.9 Å². The summed E-state index contributed by atoms with van der Waals surface area (Å²) in [4.78, 5) is 26.1. The Balaban J connectivity index is 1.28. The van der Waals surface area contributed by atoms with Gasteiger partial charge in [-0.1, -0.05) is 76.6 Å². The molecule has 2 N–H and O–H groups in total. The molecule has 2 aliphatic rings. The fourth-order valence-electron chi connectivity index (χ4n) is 5.59. The van der Waals surface area contributed by atoms with E-state index >= 15 is 0 Å². The smallest absolute Gasteiger partial charge is 0.330 e. The number of amides is 1. The van der Waals surface area contributed by atoms with Gasteiger partial charge >= 0.3 is 5.97 Å². The molecule has 9 heteroatoms. The van der Waals surface area contributed by atoms with Crippen molar-refractivity contribution in [2.45, 2.75) is 30.3 Å². The number of halogens is 1. The van der Waals surface area contributed by atoms with E-state index in [0.29, 0.717) is 28.6 Å². The van der Waals surface area contributed by atoms with Gasteiger partial charge in [-0.15, -0.1) is 0 Å². The number of nitrogens with zero attached hydrogens (tertiary/aromatic N) is 1. The highest BCUT2D eigenvalue weighted by molar-refractivity contribution is 9.10. The molecular formula is C31H25BrN2O5S. The molecule has 202 valence electrons. The van der Waals surface area contributed by atoms with Crippen LogP contribution in [0.4, 0.5) is 0 Å². The van der Waals surface area contributed by atoms with Crippen LogP contribution in [0.2, 0.25) is 0 Å². The maximum atomic E-state index is 13.5. The van der Waals surface area contributed by atoms with Gasteiger partial charge in [0.05, 0.1) is 4.90 Å². The van der Waals surface area contributed by atoms with Gasteiger partial charge in [0.25, 0.3) is 5.91 Å². The van der Waals surface area contributed by atoms with Crippen molar-refractivity contribution in [3.05, 3.63) is 123 Å².